The lowest BCUT2D eigenvalue weighted by Crippen LogP contribution is -2.63. The summed E-state index contributed by atoms with van der Waals surface area (Å²) in [4.78, 5) is 24.2. The van der Waals surface area contributed by atoms with Crippen molar-refractivity contribution in [2.45, 2.75) is 29.9 Å². The molecule has 0 aliphatic carbocycles. The lowest BCUT2D eigenvalue weighted by atomic mass is 10.0. The van der Waals surface area contributed by atoms with Gasteiger partial charge in [0.1, 0.15) is 23.2 Å². The van der Waals surface area contributed by atoms with Crippen molar-refractivity contribution >= 4 is 27.1 Å². The van der Waals surface area contributed by atoms with Crippen LogP contribution in [0.1, 0.15) is 0 Å². The van der Waals surface area contributed by atoms with E-state index in [0.717, 1.165) is 6.07 Å². The van der Waals surface area contributed by atoms with Crippen LogP contribution in [0.4, 0.5) is 0 Å². The normalized spacial score (nSPS) is 24.4. The Labute approximate surface area is 202 Å². The number of hydrogen-bond donors (Lipinski definition) is 5. The third kappa shape index (κ3) is 4.59. The number of carboxylic acids is 1. The van der Waals surface area contributed by atoms with E-state index in [-0.39, 0.29) is 39.5 Å². The molecule has 14 heteroatoms. The van der Waals surface area contributed by atoms with Gasteiger partial charge in [0.15, 0.2) is 34.4 Å². The van der Waals surface area contributed by atoms with E-state index in [9.17, 15) is 43.0 Å². The molecule has 0 radical (unpaired) electrons. The van der Waals surface area contributed by atoms with Crippen LogP contribution in [-0.4, -0.2) is 76.3 Å². The van der Waals surface area contributed by atoms with Crippen molar-refractivity contribution in [3.8, 4) is 28.6 Å². The van der Waals surface area contributed by atoms with Crippen LogP contribution in [0.15, 0.2) is 51.7 Å². The van der Waals surface area contributed by atoms with Gasteiger partial charge in [-0.05, 0) is 30.3 Å². The van der Waals surface area contributed by atoms with E-state index < -0.39 is 51.4 Å². The van der Waals surface area contributed by atoms with Crippen LogP contribution in [0.5, 0.6) is 17.2 Å². The molecule has 0 saturated carbocycles. The molecule has 1 fully saturated rings. The molecular formula is C22H20O13S. The van der Waals surface area contributed by atoms with Crippen molar-refractivity contribution in [3.63, 3.8) is 0 Å². The number of ether oxygens (including phenoxy) is 3. The summed E-state index contributed by atoms with van der Waals surface area (Å²) in [5.74, 6) is -2.07. The fourth-order valence-electron chi connectivity index (χ4n) is 3.84. The molecular weight excluding hydrogens is 504 g/mol. The number of phenolic OH excluding ortho intramolecular Hbond substituents is 1. The molecule has 36 heavy (non-hydrogen) atoms. The molecule has 1 aromatic heterocycles. The second kappa shape index (κ2) is 9.40. The molecule has 2 aromatic carbocycles. The van der Waals surface area contributed by atoms with Gasteiger partial charge in [0.25, 0.3) is 10.1 Å². The first-order valence-corrected chi connectivity index (χ1v) is 11.7. The minimum atomic E-state index is -5.15. The van der Waals surface area contributed by atoms with Gasteiger partial charge < -0.3 is 39.1 Å². The number of phenols is 1. The summed E-state index contributed by atoms with van der Waals surface area (Å²) >= 11 is 0. The second-order valence-corrected chi connectivity index (χ2v) is 9.41. The maximum atomic E-state index is 12.8. The fourth-order valence-corrected chi connectivity index (χ4v) is 4.82. The summed E-state index contributed by atoms with van der Waals surface area (Å²) in [6.45, 7) is 0. The number of rotatable bonds is 6. The molecule has 192 valence electrons. The van der Waals surface area contributed by atoms with E-state index in [1.807, 2.05) is 0 Å². The van der Waals surface area contributed by atoms with Gasteiger partial charge in [0.2, 0.25) is 6.29 Å². The van der Waals surface area contributed by atoms with E-state index >= 15 is 0 Å². The number of aliphatic hydroxyl groups is 2. The largest absolute Gasteiger partial charge is 0.504 e. The van der Waals surface area contributed by atoms with Crippen molar-refractivity contribution in [3.05, 3.63) is 52.7 Å². The number of fused-ring (bicyclic) bond motifs is 1. The Morgan fingerprint density at radius 1 is 1.06 bits per heavy atom. The van der Waals surface area contributed by atoms with Gasteiger partial charge in [0, 0.05) is 11.6 Å². The predicted octanol–water partition coefficient (Wildman–Crippen LogP) is 0.341. The van der Waals surface area contributed by atoms with E-state index in [1.165, 1.54) is 43.5 Å². The van der Waals surface area contributed by atoms with E-state index in [4.69, 9.17) is 18.6 Å². The number of methoxy groups -OCH3 is 1. The summed E-state index contributed by atoms with van der Waals surface area (Å²) < 4.78 is 54.3. The third-order valence-corrected chi connectivity index (χ3v) is 6.80. The predicted molar refractivity (Wildman–Crippen MR) is 120 cm³/mol. The Balaban J connectivity index is 1.78. The summed E-state index contributed by atoms with van der Waals surface area (Å²) in [5.41, 5.74) is -0.407. The fraction of sp³-hybridized carbons (Fsp3) is 0.273. The Morgan fingerprint density at radius 3 is 2.39 bits per heavy atom. The Kier molecular flexibility index (Phi) is 6.64. The second-order valence-electron chi connectivity index (χ2n) is 7.84. The highest BCUT2D eigenvalue weighted by molar-refractivity contribution is 7.86. The number of aliphatic carboxylic acids is 1. The standard InChI is InChI=1S/C22H20O13S/c1-32-13-6-5-9(7-12(13)24)15-8-11(23)10-3-2-4-14(18(10)33-15)34-22-17(26)20(36(29,30)31)16(25)19(35-22)21(27)28/h2-8,16-17,19-20,22,24-26H,1H3,(H,27,28)(H,29,30,31)/t16-,17-,19+,20+,22-/m1/s1. The van der Waals surface area contributed by atoms with Crippen molar-refractivity contribution in [1.82, 2.24) is 0 Å². The van der Waals surface area contributed by atoms with Crippen molar-refractivity contribution in [2.24, 2.45) is 0 Å². The molecule has 0 bridgehead atoms. The lowest BCUT2D eigenvalue weighted by molar-refractivity contribution is -0.235. The minimum Gasteiger partial charge on any atom is -0.504 e. The van der Waals surface area contributed by atoms with Gasteiger partial charge in [-0.2, -0.15) is 8.42 Å². The van der Waals surface area contributed by atoms with Gasteiger partial charge in [0.05, 0.1) is 12.5 Å². The summed E-state index contributed by atoms with van der Waals surface area (Å²) in [6.07, 6.45) is -8.72. The topological polar surface area (TPSA) is 210 Å². The zero-order valence-corrected chi connectivity index (χ0v) is 19.2. The summed E-state index contributed by atoms with van der Waals surface area (Å²) in [6, 6.07) is 9.45. The molecule has 2 heterocycles. The highest BCUT2D eigenvalue weighted by atomic mass is 32.2. The molecule has 3 aromatic rings. The third-order valence-electron chi connectivity index (χ3n) is 5.56. The molecule has 0 unspecified atom stereocenters. The van der Waals surface area contributed by atoms with Crippen molar-refractivity contribution < 1.29 is 56.8 Å². The van der Waals surface area contributed by atoms with Gasteiger partial charge in [-0.1, -0.05) is 6.07 Å². The molecule has 5 atom stereocenters. The Hall–Kier alpha value is -3.69. The van der Waals surface area contributed by atoms with Gasteiger partial charge in [-0.15, -0.1) is 0 Å². The van der Waals surface area contributed by atoms with Crippen LogP contribution in [0.25, 0.3) is 22.3 Å². The van der Waals surface area contributed by atoms with Gasteiger partial charge in [-0.25, -0.2) is 4.79 Å². The van der Waals surface area contributed by atoms with E-state index in [1.54, 1.807) is 0 Å². The average molecular weight is 524 g/mol. The van der Waals surface area contributed by atoms with Crippen LogP contribution in [0.2, 0.25) is 0 Å². The molecule has 4 rings (SSSR count). The molecule has 13 nitrogen and oxygen atoms in total. The molecule has 0 amide bonds. The van der Waals surface area contributed by atoms with Crippen LogP contribution >= 0.6 is 0 Å². The van der Waals surface area contributed by atoms with Crippen molar-refractivity contribution in [2.75, 3.05) is 7.11 Å². The highest BCUT2D eigenvalue weighted by Gasteiger charge is 2.54. The number of aromatic hydroxyl groups is 1. The number of hydrogen-bond acceptors (Lipinski definition) is 11. The smallest absolute Gasteiger partial charge is 0.335 e. The minimum absolute atomic E-state index is 0.00117. The van der Waals surface area contributed by atoms with E-state index in [0.29, 0.717) is 0 Å². The van der Waals surface area contributed by atoms with Crippen LogP contribution < -0.4 is 14.9 Å². The maximum absolute atomic E-state index is 12.8. The van der Waals surface area contributed by atoms with Crippen LogP contribution in [0, 0.1) is 0 Å². The molecule has 5 N–H and O–H groups in total. The first-order chi connectivity index (χ1) is 16.9. The summed E-state index contributed by atoms with van der Waals surface area (Å²) in [5, 5.41) is 37.6. The monoisotopic (exact) mass is 524 g/mol. The molecule has 1 aliphatic heterocycles. The summed E-state index contributed by atoms with van der Waals surface area (Å²) in [7, 11) is -3.79. The first kappa shape index (κ1) is 25.4. The number of para-hydroxylation sites is 1. The van der Waals surface area contributed by atoms with Crippen LogP contribution in [0.3, 0.4) is 0 Å². The highest BCUT2D eigenvalue weighted by Crippen LogP contribution is 2.35. The molecule has 1 saturated heterocycles. The first-order valence-electron chi connectivity index (χ1n) is 10.2. The van der Waals surface area contributed by atoms with Crippen molar-refractivity contribution in [1.29, 1.82) is 0 Å². The SMILES string of the molecule is COc1ccc(-c2cc(=O)c3cccc(O[C@@H]4O[C@H](C(=O)O)[C@@H](O)[C@H](S(=O)(=O)O)[C@H]4O)c3o2)cc1O. The Morgan fingerprint density at radius 2 is 1.78 bits per heavy atom. The molecule has 0 spiro atoms. The quantitative estimate of drug-likeness (QED) is 0.276. The maximum Gasteiger partial charge on any atom is 0.335 e. The van der Waals surface area contributed by atoms with Gasteiger partial charge in [-0.3, -0.25) is 9.35 Å². The van der Waals surface area contributed by atoms with E-state index in [2.05, 4.69) is 0 Å². The average Bonchev–Trinajstić information content (AvgIpc) is 2.80. The number of carboxylic acid groups (broad SMARTS) is 1. The van der Waals surface area contributed by atoms with Gasteiger partial charge >= 0.3 is 5.97 Å². The van der Waals surface area contributed by atoms with Crippen LogP contribution in [-0.2, 0) is 19.6 Å². The lowest BCUT2D eigenvalue weighted by Gasteiger charge is -2.39. The number of benzene rings is 2. The number of carbonyl (C=O) groups is 1. The molecule has 1 aliphatic rings. The number of aliphatic hydroxyl groups excluding tert-OH is 2. The zero-order valence-electron chi connectivity index (χ0n) is 18.3. The Bertz CT molecular complexity index is 1480. The zero-order chi connectivity index (χ0) is 26.4.